The lowest BCUT2D eigenvalue weighted by atomic mass is 10.2. The molecule has 0 radical (unpaired) electrons. The number of rotatable bonds is 10. The lowest BCUT2D eigenvalue weighted by molar-refractivity contribution is 0.224. The highest BCUT2D eigenvalue weighted by Gasteiger charge is 2.01. The van der Waals surface area contributed by atoms with Crippen molar-refractivity contribution in [3.63, 3.8) is 0 Å². The van der Waals surface area contributed by atoms with E-state index in [4.69, 9.17) is 9.42 Å². The van der Waals surface area contributed by atoms with Crippen LogP contribution in [0.3, 0.4) is 0 Å². The molecule has 0 fully saturated rings. The summed E-state index contributed by atoms with van der Waals surface area (Å²) in [6.45, 7) is 4.85. The first kappa shape index (κ1) is 14.3. The van der Waals surface area contributed by atoms with Crippen LogP contribution in [0.25, 0.3) is 0 Å². The van der Waals surface area contributed by atoms with E-state index in [1.165, 1.54) is 20.0 Å². The molecule has 0 aromatic carbocycles. The third kappa shape index (κ3) is 10.4. The van der Waals surface area contributed by atoms with Gasteiger partial charge in [0.2, 0.25) is 0 Å². The van der Waals surface area contributed by atoms with Gasteiger partial charge in [0.25, 0.3) is 0 Å². The van der Waals surface area contributed by atoms with Gasteiger partial charge in [0, 0.05) is 7.11 Å². The largest absolute Gasteiger partial charge is 0.329 e. The summed E-state index contributed by atoms with van der Waals surface area (Å²) in [5.41, 5.74) is 0. The van der Waals surface area contributed by atoms with E-state index in [1.807, 2.05) is 0 Å². The molecule has 5 heteroatoms. The van der Waals surface area contributed by atoms with Gasteiger partial charge in [-0.15, -0.1) is 0 Å². The third-order valence-corrected chi connectivity index (χ3v) is 2.57. The highest BCUT2D eigenvalue weighted by molar-refractivity contribution is 7.40. The number of hydrogen-bond donors (Lipinski definition) is 2. The number of hydrogen-bond acceptors (Lipinski definition) is 4. The Balaban J connectivity index is 2.92. The molecule has 1 atom stereocenters. The van der Waals surface area contributed by atoms with E-state index in [0.717, 1.165) is 25.9 Å². The first-order chi connectivity index (χ1) is 6.81. The predicted octanol–water partition coefficient (Wildman–Crippen LogP) is 2.04. The van der Waals surface area contributed by atoms with E-state index in [0.29, 0.717) is 6.61 Å². The topological polar surface area (TPSA) is 50.7 Å². The van der Waals surface area contributed by atoms with Gasteiger partial charge in [-0.1, -0.05) is 19.8 Å². The van der Waals surface area contributed by atoms with Crippen LogP contribution in [-0.2, 0) is 9.05 Å². The molecule has 0 heterocycles. The molecule has 2 N–H and O–H groups in total. The van der Waals surface area contributed by atoms with E-state index >= 15 is 0 Å². The molecule has 0 saturated carbocycles. The normalized spacial score (nSPS) is 13.1. The van der Waals surface area contributed by atoms with E-state index < -0.39 is 8.60 Å². The van der Waals surface area contributed by atoms with Crippen LogP contribution in [0.5, 0.6) is 0 Å². The van der Waals surface area contributed by atoms with Crippen LogP contribution in [0.4, 0.5) is 0 Å². The molecule has 0 bridgehead atoms. The minimum Gasteiger partial charge on any atom is -0.328 e. The van der Waals surface area contributed by atoms with Crippen molar-refractivity contribution in [2.45, 2.75) is 32.6 Å². The van der Waals surface area contributed by atoms with Crippen LogP contribution in [0.1, 0.15) is 32.6 Å². The van der Waals surface area contributed by atoms with Crippen molar-refractivity contribution in [1.82, 2.24) is 5.32 Å². The van der Waals surface area contributed by atoms with Gasteiger partial charge in [-0.05, 0) is 25.9 Å². The van der Waals surface area contributed by atoms with Crippen LogP contribution in [0.15, 0.2) is 0 Å². The van der Waals surface area contributed by atoms with E-state index in [9.17, 15) is 0 Å². The Morgan fingerprint density at radius 3 is 2.57 bits per heavy atom. The maximum Gasteiger partial charge on any atom is 0.329 e. The zero-order valence-corrected chi connectivity index (χ0v) is 10.1. The fourth-order valence-corrected chi connectivity index (χ4v) is 1.47. The van der Waals surface area contributed by atoms with Gasteiger partial charge >= 0.3 is 8.60 Å². The fraction of sp³-hybridized carbons (Fsp3) is 1.00. The molecule has 0 rings (SSSR count). The van der Waals surface area contributed by atoms with Crippen LogP contribution in [0, 0.1) is 0 Å². The Morgan fingerprint density at radius 1 is 1.21 bits per heavy atom. The smallest absolute Gasteiger partial charge is 0.328 e. The summed E-state index contributed by atoms with van der Waals surface area (Å²) in [6, 6.07) is 0. The Bertz CT molecular complexity index is 116. The summed E-state index contributed by atoms with van der Waals surface area (Å²) in [6.07, 6.45) is 4.58. The molecular formula is C9H22NO3P. The van der Waals surface area contributed by atoms with Crippen molar-refractivity contribution in [2.75, 3.05) is 26.8 Å². The van der Waals surface area contributed by atoms with Crippen molar-refractivity contribution in [1.29, 1.82) is 0 Å². The first-order valence-corrected chi connectivity index (χ1v) is 6.31. The van der Waals surface area contributed by atoms with Gasteiger partial charge in [-0.25, -0.2) is 0 Å². The summed E-state index contributed by atoms with van der Waals surface area (Å²) >= 11 is 0. The predicted molar refractivity (Wildman–Crippen MR) is 59.1 cm³/mol. The quantitative estimate of drug-likeness (QED) is 0.439. The van der Waals surface area contributed by atoms with Crippen molar-refractivity contribution in [3.05, 3.63) is 0 Å². The zero-order chi connectivity index (χ0) is 10.6. The molecule has 0 spiro atoms. The van der Waals surface area contributed by atoms with Crippen LogP contribution < -0.4 is 5.32 Å². The highest BCUT2D eigenvalue weighted by Crippen LogP contribution is 2.31. The van der Waals surface area contributed by atoms with Gasteiger partial charge in [0.1, 0.15) is 0 Å². The first-order valence-electron chi connectivity index (χ1n) is 5.18. The van der Waals surface area contributed by atoms with E-state index in [-0.39, 0.29) is 0 Å². The van der Waals surface area contributed by atoms with E-state index in [1.54, 1.807) is 0 Å². The molecule has 0 aromatic heterocycles. The average molecular weight is 223 g/mol. The van der Waals surface area contributed by atoms with Crippen LogP contribution in [0.2, 0.25) is 0 Å². The highest BCUT2D eigenvalue weighted by atomic mass is 31.2. The van der Waals surface area contributed by atoms with Crippen LogP contribution in [-0.4, -0.2) is 31.7 Å². The third-order valence-electron chi connectivity index (χ3n) is 1.86. The van der Waals surface area contributed by atoms with Crippen molar-refractivity contribution >= 4 is 8.60 Å². The second kappa shape index (κ2) is 11.3. The maximum absolute atomic E-state index is 8.94. The molecule has 0 aliphatic heterocycles. The van der Waals surface area contributed by atoms with Crippen molar-refractivity contribution < 1.29 is 13.9 Å². The van der Waals surface area contributed by atoms with E-state index in [2.05, 4.69) is 16.8 Å². The lowest BCUT2D eigenvalue weighted by Gasteiger charge is -2.07. The molecule has 0 saturated heterocycles. The summed E-state index contributed by atoms with van der Waals surface area (Å²) in [5, 5.41) is 3.28. The second-order valence-corrected chi connectivity index (χ2v) is 4.12. The fourth-order valence-electron chi connectivity index (χ4n) is 1.08. The van der Waals surface area contributed by atoms with Gasteiger partial charge < -0.3 is 19.3 Å². The zero-order valence-electron chi connectivity index (χ0n) is 9.16. The molecule has 0 aromatic rings. The molecule has 1 unspecified atom stereocenters. The number of nitrogens with one attached hydrogen (secondary N) is 1. The molecule has 0 aliphatic rings. The standard InChI is InChI=1S/C9H22NO3P/c1-3-10-8-6-4-5-7-9-13-14(11)12-2/h10-11H,3-9H2,1-2H3. The molecule has 0 amide bonds. The summed E-state index contributed by atoms with van der Waals surface area (Å²) in [5.74, 6) is 0. The maximum atomic E-state index is 8.94. The van der Waals surface area contributed by atoms with Crippen LogP contribution >= 0.6 is 8.60 Å². The average Bonchev–Trinajstić information content (AvgIpc) is 2.21. The Morgan fingerprint density at radius 2 is 1.93 bits per heavy atom. The van der Waals surface area contributed by atoms with Gasteiger partial charge in [0.15, 0.2) is 0 Å². The minimum atomic E-state index is -1.62. The Kier molecular flexibility index (Phi) is 11.6. The number of unbranched alkanes of at least 4 members (excludes halogenated alkanes) is 3. The molecule has 86 valence electrons. The van der Waals surface area contributed by atoms with Crippen molar-refractivity contribution in [2.24, 2.45) is 0 Å². The summed E-state index contributed by atoms with van der Waals surface area (Å²) in [4.78, 5) is 8.94. The Labute approximate surface area is 88.0 Å². The summed E-state index contributed by atoms with van der Waals surface area (Å²) in [7, 11) is -0.174. The summed E-state index contributed by atoms with van der Waals surface area (Å²) < 4.78 is 9.60. The van der Waals surface area contributed by atoms with Crippen molar-refractivity contribution in [3.8, 4) is 0 Å². The SMILES string of the molecule is CCNCCCCCCOP(O)OC. The monoisotopic (exact) mass is 223 g/mol. The molecule has 4 nitrogen and oxygen atoms in total. The molecule has 14 heavy (non-hydrogen) atoms. The minimum absolute atomic E-state index is 0.594. The van der Waals surface area contributed by atoms with Gasteiger partial charge in [-0.3, -0.25) is 0 Å². The molecular weight excluding hydrogens is 201 g/mol. The molecule has 0 aliphatic carbocycles. The Hall–Kier alpha value is 0.270. The lowest BCUT2D eigenvalue weighted by Crippen LogP contribution is -2.13. The van der Waals surface area contributed by atoms with Gasteiger partial charge in [-0.2, -0.15) is 0 Å². The second-order valence-electron chi connectivity index (χ2n) is 3.02. The van der Waals surface area contributed by atoms with Gasteiger partial charge in [0.05, 0.1) is 6.61 Å².